The van der Waals surface area contributed by atoms with Crippen molar-refractivity contribution in [1.82, 2.24) is 0 Å². The van der Waals surface area contributed by atoms with E-state index in [1.807, 2.05) is 0 Å². The van der Waals surface area contributed by atoms with E-state index in [0.29, 0.717) is 11.6 Å². The van der Waals surface area contributed by atoms with Crippen LogP contribution in [0.5, 0.6) is 5.75 Å². The van der Waals surface area contributed by atoms with E-state index in [0.717, 1.165) is 30.3 Å². The zero-order valence-electron chi connectivity index (χ0n) is 21.6. The van der Waals surface area contributed by atoms with Crippen LogP contribution in [-0.4, -0.2) is 18.3 Å². The van der Waals surface area contributed by atoms with Crippen LogP contribution < -0.4 is 4.74 Å². The minimum atomic E-state index is -5.06. The highest BCUT2D eigenvalue weighted by atomic mass is 19.4. The number of carbonyl (C=O) groups excluding carboxylic acids is 1. The second kappa shape index (κ2) is 11.6. The summed E-state index contributed by atoms with van der Waals surface area (Å²) in [5.41, 5.74) is -2.40. The first-order chi connectivity index (χ1) is 19.6. The van der Waals surface area contributed by atoms with Crippen LogP contribution in [-0.2, 0) is 18.0 Å². The van der Waals surface area contributed by atoms with E-state index >= 15 is 0 Å². The molecule has 0 bridgehead atoms. The van der Waals surface area contributed by atoms with E-state index in [9.17, 15) is 44.3 Å². The Morgan fingerprint density at radius 2 is 1.48 bits per heavy atom. The number of hydrogen-bond acceptors (Lipinski definition) is 3. The third-order valence-electron chi connectivity index (χ3n) is 6.55. The first kappa shape index (κ1) is 30.7. The van der Waals surface area contributed by atoms with Gasteiger partial charge in [0.2, 0.25) is 5.76 Å². The van der Waals surface area contributed by atoms with Gasteiger partial charge in [0, 0.05) is 17.9 Å². The molecule has 0 saturated carbocycles. The second-order valence-electron chi connectivity index (χ2n) is 9.59. The Balaban J connectivity index is 1.97. The number of ketones is 1. The predicted octanol–water partition coefficient (Wildman–Crippen LogP) is 8.92. The number of halogens is 9. The molecule has 1 aromatic heterocycles. The summed E-state index contributed by atoms with van der Waals surface area (Å²) in [7, 11) is 0. The number of alkyl halides is 7. The van der Waals surface area contributed by atoms with Crippen molar-refractivity contribution in [3.05, 3.63) is 124 Å². The quantitative estimate of drug-likeness (QED) is 0.135. The molecule has 0 aliphatic heterocycles. The molecule has 4 rings (SSSR count). The van der Waals surface area contributed by atoms with Gasteiger partial charge in [0.1, 0.15) is 23.1 Å². The molecule has 0 aliphatic carbocycles. The maximum Gasteiger partial charge on any atom is 0.461 e. The molecule has 0 N–H and O–H groups in total. The number of ether oxygens (including phenoxy) is 1. The molecule has 0 aliphatic rings. The molecule has 42 heavy (non-hydrogen) atoms. The Hall–Kier alpha value is -4.22. The van der Waals surface area contributed by atoms with Crippen molar-refractivity contribution in [3.63, 3.8) is 0 Å². The standard InChI is InChI=1S/C30H21F9O3/c1-17-11-24(26(41-17)29(35,36)37)25(40)16-28(15-18-5-3-2-4-6-18,19-7-9-21(31)10-8-19)20-12-22(32)14-23(13-20)42-30(38,39)27(33)34/h2-14,27H,15-16H2,1H3/t28-/m1/s1. The van der Waals surface area contributed by atoms with Crippen LogP contribution in [0.1, 0.15) is 45.0 Å². The lowest BCUT2D eigenvalue weighted by Gasteiger charge is -2.35. The van der Waals surface area contributed by atoms with Crippen molar-refractivity contribution in [1.29, 1.82) is 0 Å². The van der Waals surface area contributed by atoms with Gasteiger partial charge in [-0.1, -0.05) is 42.5 Å². The van der Waals surface area contributed by atoms with Crippen molar-refractivity contribution in [3.8, 4) is 5.75 Å². The summed E-state index contributed by atoms with van der Waals surface area (Å²) in [5.74, 6) is -5.89. The van der Waals surface area contributed by atoms with Crippen molar-refractivity contribution in [2.75, 3.05) is 0 Å². The highest BCUT2D eigenvalue weighted by Crippen LogP contribution is 2.44. The monoisotopic (exact) mass is 600 g/mol. The first-order valence-corrected chi connectivity index (χ1v) is 12.3. The molecule has 4 aromatic rings. The highest BCUT2D eigenvalue weighted by molar-refractivity contribution is 5.98. The van der Waals surface area contributed by atoms with Gasteiger partial charge >= 0.3 is 18.7 Å². The smallest absolute Gasteiger partial charge is 0.456 e. The summed E-state index contributed by atoms with van der Waals surface area (Å²) in [4.78, 5) is 13.7. The van der Waals surface area contributed by atoms with Crippen LogP contribution in [0.25, 0.3) is 0 Å². The van der Waals surface area contributed by atoms with Crippen molar-refractivity contribution in [2.24, 2.45) is 0 Å². The lowest BCUT2D eigenvalue weighted by Crippen LogP contribution is -2.35. The number of Topliss-reactive ketones (excluding diaryl/α,β-unsaturated/α-hetero) is 1. The molecule has 1 heterocycles. The molecule has 3 aromatic carbocycles. The summed E-state index contributed by atoms with van der Waals surface area (Å²) < 4.78 is 132. The van der Waals surface area contributed by atoms with E-state index in [2.05, 4.69) is 4.74 Å². The van der Waals surface area contributed by atoms with E-state index in [-0.39, 0.29) is 23.3 Å². The predicted molar refractivity (Wildman–Crippen MR) is 133 cm³/mol. The van der Waals surface area contributed by atoms with Crippen LogP contribution in [0.2, 0.25) is 0 Å². The van der Waals surface area contributed by atoms with Gasteiger partial charge in [-0.25, -0.2) is 8.78 Å². The number of aryl methyl sites for hydroxylation is 1. The van der Waals surface area contributed by atoms with Gasteiger partial charge in [-0.15, -0.1) is 0 Å². The minimum Gasteiger partial charge on any atom is -0.456 e. The SMILES string of the molecule is Cc1cc(C(=O)C[C@](Cc2ccccc2)(c2ccc(F)cc2)c2cc(F)cc(OC(F)(F)C(F)F)c2)c(C(F)(F)F)o1. The molecular formula is C30H21F9O3. The molecule has 0 unspecified atom stereocenters. The summed E-state index contributed by atoms with van der Waals surface area (Å²) in [6.07, 6.45) is -15.4. The topological polar surface area (TPSA) is 39.4 Å². The zero-order valence-corrected chi connectivity index (χ0v) is 21.6. The molecular weight excluding hydrogens is 579 g/mol. The molecule has 1 atom stereocenters. The van der Waals surface area contributed by atoms with E-state index in [4.69, 9.17) is 4.42 Å². The van der Waals surface area contributed by atoms with Crippen molar-refractivity contribution in [2.45, 2.75) is 43.9 Å². The molecule has 0 spiro atoms. The fraction of sp³-hybridized carbons (Fsp3) is 0.233. The fourth-order valence-corrected chi connectivity index (χ4v) is 4.75. The highest BCUT2D eigenvalue weighted by Gasteiger charge is 2.46. The average molecular weight is 600 g/mol. The van der Waals surface area contributed by atoms with Gasteiger partial charge in [-0.3, -0.25) is 4.79 Å². The van der Waals surface area contributed by atoms with E-state index < -0.39 is 65.0 Å². The van der Waals surface area contributed by atoms with Gasteiger partial charge in [0.25, 0.3) is 0 Å². The maximum absolute atomic E-state index is 14.9. The molecule has 0 saturated heterocycles. The first-order valence-electron chi connectivity index (χ1n) is 12.3. The van der Waals surface area contributed by atoms with Gasteiger partial charge in [-0.2, -0.15) is 30.7 Å². The van der Waals surface area contributed by atoms with Gasteiger partial charge in [0.15, 0.2) is 5.78 Å². The van der Waals surface area contributed by atoms with E-state index in [1.54, 1.807) is 30.3 Å². The fourth-order valence-electron chi connectivity index (χ4n) is 4.75. The van der Waals surface area contributed by atoms with Gasteiger partial charge < -0.3 is 9.15 Å². The van der Waals surface area contributed by atoms with Gasteiger partial charge in [0.05, 0.1) is 5.56 Å². The maximum atomic E-state index is 14.9. The lowest BCUT2D eigenvalue weighted by atomic mass is 9.67. The van der Waals surface area contributed by atoms with Crippen LogP contribution in [0, 0.1) is 18.6 Å². The second-order valence-corrected chi connectivity index (χ2v) is 9.59. The number of rotatable bonds is 10. The largest absolute Gasteiger partial charge is 0.461 e. The Morgan fingerprint density at radius 3 is 2.07 bits per heavy atom. The molecule has 0 radical (unpaired) electrons. The van der Waals surface area contributed by atoms with E-state index in [1.165, 1.54) is 19.1 Å². The van der Waals surface area contributed by atoms with Crippen LogP contribution >= 0.6 is 0 Å². The Bertz CT molecular complexity index is 1540. The Labute approximate surface area is 233 Å². The summed E-state index contributed by atoms with van der Waals surface area (Å²) >= 11 is 0. The molecule has 3 nitrogen and oxygen atoms in total. The third-order valence-corrected chi connectivity index (χ3v) is 6.55. The molecule has 222 valence electrons. The minimum absolute atomic E-state index is 0.0899. The summed E-state index contributed by atoms with van der Waals surface area (Å²) in [6.45, 7) is 1.20. The number of carbonyl (C=O) groups is 1. The van der Waals surface area contributed by atoms with Gasteiger partial charge in [-0.05, 0) is 60.4 Å². The Morgan fingerprint density at radius 1 is 0.833 bits per heavy atom. The summed E-state index contributed by atoms with van der Waals surface area (Å²) in [6, 6.07) is 15.4. The van der Waals surface area contributed by atoms with Crippen LogP contribution in [0.15, 0.2) is 83.3 Å². The zero-order chi connectivity index (χ0) is 30.9. The van der Waals surface area contributed by atoms with Crippen molar-refractivity contribution >= 4 is 5.78 Å². The van der Waals surface area contributed by atoms with Crippen LogP contribution in [0.4, 0.5) is 39.5 Å². The third kappa shape index (κ3) is 6.63. The molecule has 12 heteroatoms. The normalized spacial score (nSPS) is 13.7. The number of hydrogen-bond donors (Lipinski definition) is 0. The number of furan rings is 1. The molecule has 0 amide bonds. The average Bonchev–Trinajstić information content (AvgIpc) is 3.31. The number of benzene rings is 3. The van der Waals surface area contributed by atoms with Crippen LogP contribution in [0.3, 0.4) is 0 Å². The van der Waals surface area contributed by atoms with Crippen molar-refractivity contribution < 1.29 is 53.5 Å². The molecule has 0 fully saturated rings. The lowest BCUT2D eigenvalue weighted by molar-refractivity contribution is -0.253. The Kier molecular flexibility index (Phi) is 8.47. The summed E-state index contributed by atoms with van der Waals surface area (Å²) in [5, 5.41) is 0.